The number of carbonyl (C=O) groups is 1. The fourth-order valence-electron chi connectivity index (χ4n) is 1.93. The molecule has 8 nitrogen and oxygen atoms in total. The van der Waals surface area contributed by atoms with E-state index in [1.807, 2.05) is 0 Å². The normalized spacial score (nSPS) is 15.1. The number of carbonyl (C=O) groups excluding carboxylic acids is 1. The average Bonchev–Trinajstić information content (AvgIpc) is 2.86. The van der Waals surface area contributed by atoms with E-state index in [0.717, 1.165) is 37.6 Å². The van der Waals surface area contributed by atoms with Gasteiger partial charge in [-0.05, 0) is 25.7 Å². The minimum atomic E-state index is -0.552. The van der Waals surface area contributed by atoms with Crippen molar-refractivity contribution in [3.63, 3.8) is 0 Å². The Hall–Kier alpha value is -2.25. The number of hydrogen-bond acceptors (Lipinski definition) is 5. The minimum absolute atomic E-state index is 0.0788. The molecule has 0 bridgehead atoms. The molecule has 1 aliphatic carbocycles. The molecular formula is C11H15N5O3. The summed E-state index contributed by atoms with van der Waals surface area (Å²) in [6.45, 7) is -0.0788. The van der Waals surface area contributed by atoms with E-state index in [2.05, 4.69) is 15.6 Å². The Balaban J connectivity index is 1.84. The highest BCUT2D eigenvalue weighted by Crippen LogP contribution is 2.14. The maximum Gasteiger partial charge on any atom is 0.307 e. The minimum Gasteiger partial charge on any atom is -0.271 e. The van der Waals surface area contributed by atoms with E-state index in [0.29, 0.717) is 0 Å². The van der Waals surface area contributed by atoms with E-state index < -0.39 is 4.92 Å². The summed E-state index contributed by atoms with van der Waals surface area (Å²) >= 11 is 0. The van der Waals surface area contributed by atoms with Crippen molar-refractivity contribution in [3.05, 3.63) is 22.5 Å². The van der Waals surface area contributed by atoms with Crippen molar-refractivity contribution in [2.45, 2.75) is 38.6 Å². The first-order chi connectivity index (χ1) is 9.15. The largest absolute Gasteiger partial charge is 0.307 e. The Morgan fingerprint density at radius 2 is 2.21 bits per heavy atom. The van der Waals surface area contributed by atoms with Crippen molar-refractivity contribution < 1.29 is 9.72 Å². The lowest BCUT2D eigenvalue weighted by Crippen LogP contribution is -2.25. The second kappa shape index (κ2) is 6.07. The smallest absolute Gasteiger partial charge is 0.271 e. The summed E-state index contributed by atoms with van der Waals surface area (Å²) in [7, 11) is 0. The number of aromatic nitrogens is 2. The quantitative estimate of drug-likeness (QED) is 0.653. The molecule has 1 aromatic heterocycles. The zero-order valence-corrected chi connectivity index (χ0v) is 10.4. The maximum atomic E-state index is 11.6. The summed E-state index contributed by atoms with van der Waals surface area (Å²) in [4.78, 5) is 21.5. The predicted molar refractivity (Wildman–Crippen MR) is 67.5 cm³/mol. The topological polar surface area (TPSA) is 102 Å². The molecule has 1 amide bonds. The molecule has 0 atom stereocenters. The van der Waals surface area contributed by atoms with Crippen LogP contribution in [0.1, 0.15) is 32.1 Å². The molecule has 19 heavy (non-hydrogen) atoms. The Kier molecular flexibility index (Phi) is 4.22. The van der Waals surface area contributed by atoms with Gasteiger partial charge in [-0.15, -0.1) is 0 Å². The highest BCUT2D eigenvalue weighted by atomic mass is 16.6. The third kappa shape index (κ3) is 3.87. The van der Waals surface area contributed by atoms with Crippen LogP contribution in [0.2, 0.25) is 0 Å². The van der Waals surface area contributed by atoms with Crippen LogP contribution in [0.3, 0.4) is 0 Å². The van der Waals surface area contributed by atoms with Gasteiger partial charge in [-0.25, -0.2) is 5.43 Å². The zero-order chi connectivity index (χ0) is 13.7. The highest BCUT2D eigenvalue weighted by molar-refractivity contribution is 5.86. The SMILES string of the molecule is O=C(Cn1cc([N+](=O)[O-])cn1)NN=C1CCCCC1. The van der Waals surface area contributed by atoms with Gasteiger partial charge in [0.05, 0.1) is 4.92 Å². The third-order valence-electron chi connectivity index (χ3n) is 2.91. The molecule has 2 rings (SSSR count). The molecule has 0 saturated heterocycles. The van der Waals surface area contributed by atoms with Crippen LogP contribution in [0.4, 0.5) is 5.69 Å². The first kappa shape index (κ1) is 13.2. The number of hydrazone groups is 1. The van der Waals surface area contributed by atoms with Crippen molar-refractivity contribution in [2.75, 3.05) is 0 Å². The third-order valence-corrected chi connectivity index (χ3v) is 2.91. The van der Waals surface area contributed by atoms with Gasteiger partial charge in [0.2, 0.25) is 0 Å². The molecule has 0 radical (unpaired) electrons. The van der Waals surface area contributed by atoms with Crippen LogP contribution in [-0.2, 0) is 11.3 Å². The van der Waals surface area contributed by atoms with Crippen LogP contribution in [0.25, 0.3) is 0 Å². The molecule has 102 valence electrons. The van der Waals surface area contributed by atoms with Crippen LogP contribution in [-0.4, -0.2) is 26.3 Å². The van der Waals surface area contributed by atoms with Crippen LogP contribution < -0.4 is 5.43 Å². The van der Waals surface area contributed by atoms with Gasteiger partial charge < -0.3 is 0 Å². The van der Waals surface area contributed by atoms with Crippen molar-refractivity contribution >= 4 is 17.3 Å². The molecule has 0 aliphatic heterocycles. The van der Waals surface area contributed by atoms with Crippen LogP contribution >= 0.6 is 0 Å². The summed E-state index contributed by atoms with van der Waals surface area (Å²) in [5.74, 6) is -0.337. The van der Waals surface area contributed by atoms with E-state index in [-0.39, 0.29) is 18.1 Å². The highest BCUT2D eigenvalue weighted by Gasteiger charge is 2.11. The fraction of sp³-hybridized carbons (Fsp3) is 0.545. The van der Waals surface area contributed by atoms with E-state index in [1.165, 1.54) is 17.3 Å². The van der Waals surface area contributed by atoms with Crippen LogP contribution in [0.15, 0.2) is 17.5 Å². The number of nitrogens with zero attached hydrogens (tertiary/aromatic N) is 4. The number of nitrogens with one attached hydrogen (secondary N) is 1. The number of rotatable bonds is 4. The molecule has 0 spiro atoms. The predicted octanol–water partition coefficient (Wildman–Crippen LogP) is 1.23. The summed E-state index contributed by atoms with van der Waals surface area (Å²) in [6, 6.07) is 0. The van der Waals surface area contributed by atoms with Crippen molar-refractivity contribution in [1.82, 2.24) is 15.2 Å². The standard InChI is InChI=1S/C11H15N5O3/c17-11(14-13-9-4-2-1-3-5-9)8-15-7-10(6-12-15)16(18)19/h6-7H,1-5,8H2,(H,14,17). The number of amides is 1. The van der Waals surface area contributed by atoms with Crippen LogP contribution in [0.5, 0.6) is 0 Å². The lowest BCUT2D eigenvalue weighted by Gasteiger charge is -2.11. The van der Waals surface area contributed by atoms with Crippen LogP contribution in [0, 0.1) is 10.1 Å². The van der Waals surface area contributed by atoms with Gasteiger partial charge in [-0.2, -0.15) is 10.2 Å². The zero-order valence-electron chi connectivity index (χ0n) is 10.4. The van der Waals surface area contributed by atoms with Gasteiger partial charge in [0.1, 0.15) is 18.9 Å². The molecule has 1 saturated carbocycles. The molecule has 0 aromatic carbocycles. The number of nitro groups is 1. The Bertz CT molecular complexity index is 500. The summed E-state index contributed by atoms with van der Waals surface area (Å²) in [5.41, 5.74) is 3.33. The first-order valence-corrected chi connectivity index (χ1v) is 6.16. The average molecular weight is 265 g/mol. The van der Waals surface area contributed by atoms with Gasteiger partial charge in [0, 0.05) is 5.71 Å². The molecule has 1 aliphatic rings. The van der Waals surface area contributed by atoms with E-state index in [4.69, 9.17) is 0 Å². The monoisotopic (exact) mass is 265 g/mol. The fourth-order valence-corrected chi connectivity index (χ4v) is 1.93. The van der Waals surface area contributed by atoms with Gasteiger partial charge >= 0.3 is 5.69 Å². The van der Waals surface area contributed by atoms with Crippen molar-refractivity contribution in [2.24, 2.45) is 5.10 Å². The molecule has 8 heteroatoms. The Labute approximate surface area is 109 Å². The number of hydrogen-bond donors (Lipinski definition) is 1. The Morgan fingerprint density at radius 3 is 2.84 bits per heavy atom. The van der Waals surface area contributed by atoms with E-state index >= 15 is 0 Å². The molecule has 1 aromatic rings. The van der Waals surface area contributed by atoms with Gasteiger partial charge in [-0.1, -0.05) is 6.42 Å². The lowest BCUT2D eigenvalue weighted by atomic mass is 9.99. The van der Waals surface area contributed by atoms with E-state index in [1.54, 1.807) is 0 Å². The lowest BCUT2D eigenvalue weighted by molar-refractivity contribution is -0.385. The Morgan fingerprint density at radius 1 is 1.47 bits per heavy atom. The molecule has 1 fully saturated rings. The van der Waals surface area contributed by atoms with Gasteiger partial charge in [0.25, 0.3) is 5.91 Å². The molecule has 0 unspecified atom stereocenters. The molecular weight excluding hydrogens is 250 g/mol. The van der Waals surface area contributed by atoms with Crippen molar-refractivity contribution in [1.29, 1.82) is 0 Å². The summed E-state index contributed by atoms with van der Waals surface area (Å²) in [6.07, 6.45) is 7.61. The second-order valence-corrected chi connectivity index (χ2v) is 4.43. The first-order valence-electron chi connectivity index (χ1n) is 6.16. The maximum absolute atomic E-state index is 11.6. The summed E-state index contributed by atoms with van der Waals surface area (Å²) in [5, 5.41) is 18.3. The van der Waals surface area contributed by atoms with Gasteiger partial charge in [-0.3, -0.25) is 19.6 Å². The van der Waals surface area contributed by atoms with E-state index in [9.17, 15) is 14.9 Å². The second-order valence-electron chi connectivity index (χ2n) is 4.43. The van der Waals surface area contributed by atoms with Crippen molar-refractivity contribution in [3.8, 4) is 0 Å². The van der Waals surface area contributed by atoms with Gasteiger partial charge in [0.15, 0.2) is 0 Å². The summed E-state index contributed by atoms with van der Waals surface area (Å²) < 4.78 is 1.22. The molecule has 1 heterocycles. The molecule has 1 N–H and O–H groups in total.